The SMILES string of the molecule is CC(=O)C1=C(C)CC2(C)CC3(C)Cc4c(-c5ccncc5)ccc(C)c4C(=O)C3=C(C)C2(C)C1=O. The highest BCUT2D eigenvalue weighted by molar-refractivity contribution is 6.24. The van der Waals surface area contributed by atoms with Crippen LogP contribution in [0.2, 0.25) is 0 Å². The summed E-state index contributed by atoms with van der Waals surface area (Å²) in [5.74, 6) is -0.268. The van der Waals surface area contributed by atoms with E-state index in [1.54, 1.807) is 12.4 Å². The Hall–Kier alpha value is -3.14. The van der Waals surface area contributed by atoms with Gasteiger partial charge in [-0.3, -0.25) is 19.4 Å². The number of aromatic nitrogens is 1. The molecule has 3 aliphatic rings. The molecule has 5 rings (SSSR count). The van der Waals surface area contributed by atoms with Crippen molar-refractivity contribution in [1.29, 1.82) is 0 Å². The maximum Gasteiger partial charge on any atom is 0.190 e. The maximum atomic E-state index is 14.3. The van der Waals surface area contributed by atoms with Gasteiger partial charge in [0, 0.05) is 28.9 Å². The Morgan fingerprint density at radius 3 is 2.23 bits per heavy atom. The molecule has 0 aliphatic heterocycles. The predicted molar refractivity (Wildman–Crippen MR) is 137 cm³/mol. The van der Waals surface area contributed by atoms with Crippen molar-refractivity contribution in [2.75, 3.05) is 0 Å². The van der Waals surface area contributed by atoms with E-state index in [2.05, 4.69) is 24.9 Å². The minimum Gasteiger partial charge on any atom is -0.294 e. The molecule has 1 heterocycles. The van der Waals surface area contributed by atoms with E-state index in [0.717, 1.165) is 51.0 Å². The third-order valence-electron chi connectivity index (χ3n) is 9.36. The average molecular weight is 468 g/mol. The lowest BCUT2D eigenvalue weighted by Gasteiger charge is -2.59. The van der Waals surface area contributed by atoms with Crippen molar-refractivity contribution < 1.29 is 14.4 Å². The second-order valence-corrected chi connectivity index (χ2v) is 11.7. The van der Waals surface area contributed by atoms with E-state index in [0.29, 0.717) is 18.4 Å². The van der Waals surface area contributed by atoms with Crippen LogP contribution in [0.5, 0.6) is 0 Å². The summed E-state index contributed by atoms with van der Waals surface area (Å²) in [5.41, 5.74) is 6.10. The van der Waals surface area contributed by atoms with Gasteiger partial charge in [0.25, 0.3) is 0 Å². The number of Topliss-reactive ketones (excluding diaryl/α,β-unsaturated/α-hetero) is 3. The zero-order valence-corrected chi connectivity index (χ0v) is 21.8. The van der Waals surface area contributed by atoms with Gasteiger partial charge in [0.05, 0.1) is 11.0 Å². The van der Waals surface area contributed by atoms with Crippen molar-refractivity contribution in [2.45, 2.75) is 67.7 Å². The van der Waals surface area contributed by atoms with Gasteiger partial charge in [-0.2, -0.15) is 0 Å². The molecule has 35 heavy (non-hydrogen) atoms. The fraction of sp³-hybridized carbons (Fsp3) is 0.419. The molecule has 180 valence electrons. The van der Waals surface area contributed by atoms with E-state index in [9.17, 15) is 14.4 Å². The Labute approximate surface area is 207 Å². The summed E-state index contributed by atoms with van der Waals surface area (Å²) in [7, 11) is 0. The minimum absolute atomic E-state index is 0.0337. The quantitative estimate of drug-likeness (QED) is 0.479. The van der Waals surface area contributed by atoms with Crippen LogP contribution in [-0.2, 0) is 16.0 Å². The number of carbonyl (C=O) groups excluding carboxylic acids is 3. The van der Waals surface area contributed by atoms with Crippen LogP contribution in [0, 0.1) is 23.2 Å². The van der Waals surface area contributed by atoms with Crippen molar-refractivity contribution in [3.63, 3.8) is 0 Å². The summed E-state index contributed by atoms with van der Waals surface area (Å²) >= 11 is 0. The van der Waals surface area contributed by atoms with Crippen molar-refractivity contribution in [2.24, 2.45) is 16.2 Å². The number of hydrogen-bond acceptors (Lipinski definition) is 4. The fourth-order valence-electron chi connectivity index (χ4n) is 7.72. The molecule has 4 heteroatoms. The van der Waals surface area contributed by atoms with Crippen molar-refractivity contribution in [3.8, 4) is 11.1 Å². The van der Waals surface area contributed by atoms with Gasteiger partial charge < -0.3 is 0 Å². The number of rotatable bonds is 2. The topological polar surface area (TPSA) is 64.1 Å². The first-order valence-electron chi connectivity index (χ1n) is 12.4. The van der Waals surface area contributed by atoms with Gasteiger partial charge in [0.1, 0.15) is 0 Å². The molecule has 0 N–H and O–H groups in total. The van der Waals surface area contributed by atoms with E-state index in [-0.39, 0.29) is 22.8 Å². The lowest BCUT2D eigenvalue weighted by atomic mass is 9.42. The molecule has 3 unspecified atom stereocenters. The van der Waals surface area contributed by atoms with Gasteiger partial charge in [-0.05, 0) is 93.7 Å². The first-order chi connectivity index (χ1) is 16.4. The average Bonchev–Trinajstić information content (AvgIpc) is 2.76. The Kier molecular flexibility index (Phi) is 5.01. The van der Waals surface area contributed by atoms with Crippen LogP contribution < -0.4 is 0 Å². The highest BCUT2D eigenvalue weighted by atomic mass is 16.2. The second-order valence-electron chi connectivity index (χ2n) is 11.7. The standard InChI is InChI=1S/C31H33NO3/c1-17-8-9-22(21-10-12-32-13-11-21)23-15-29(5)16-30(6)14-18(2)24(20(4)33)28(35)31(30,7)19(3)26(29)27(34)25(17)23/h8-13H,14-16H2,1-7H3. The fourth-order valence-corrected chi connectivity index (χ4v) is 7.72. The lowest BCUT2D eigenvalue weighted by molar-refractivity contribution is -0.134. The minimum atomic E-state index is -0.883. The van der Waals surface area contributed by atoms with Crippen LogP contribution in [0.4, 0.5) is 0 Å². The molecule has 3 atom stereocenters. The number of pyridine rings is 1. The maximum absolute atomic E-state index is 14.3. The number of benzene rings is 1. The van der Waals surface area contributed by atoms with Crippen molar-refractivity contribution in [3.05, 3.63) is 75.6 Å². The van der Waals surface area contributed by atoms with Gasteiger partial charge in [0.15, 0.2) is 17.3 Å². The molecule has 3 aliphatic carbocycles. The van der Waals surface area contributed by atoms with Crippen molar-refractivity contribution in [1.82, 2.24) is 4.98 Å². The summed E-state index contributed by atoms with van der Waals surface area (Å²) in [6, 6.07) is 8.12. The van der Waals surface area contributed by atoms with Gasteiger partial charge in [-0.1, -0.05) is 37.1 Å². The summed E-state index contributed by atoms with van der Waals surface area (Å²) < 4.78 is 0. The molecule has 0 radical (unpaired) electrons. The Morgan fingerprint density at radius 2 is 1.60 bits per heavy atom. The summed E-state index contributed by atoms with van der Waals surface area (Å²) in [4.78, 5) is 44.9. The van der Waals surface area contributed by atoms with Crippen LogP contribution in [0.3, 0.4) is 0 Å². The Morgan fingerprint density at radius 1 is 0.943 bits per heavy atom. The van der Waals surface area contributed by atoms with E-state index in [1.807, 2.05) is 45.9 Å². The number of allylic oxidation sites excluding steroid dienone is 4. The first kappa shape index (κ1) is 23.6. The number of nitrogens with zero attached hydrogens (tertiary/aromatic N) is 1. The zero-order valence-electron chi connectivity index (χ0n) is 21.8. The van der Waals surface area contributed by atoms with E-state index in [4.69, 9.17) is 0 Å². The third-order valence-corrected chi connectivity index (χ3v) is 9.36. The Bertz CT molecular complexity index is 1400. The molecule has 0 spiro atoms. The van der Waals surface area contributed by atoms with Crippen LogP contribution >= 0.6 is 0 Å². The molecule has 0 saturated heterocycles. The Balaban J connectivity index is 1.78. The van der Waals surface area contributed by atoms with E-state index < -0.39 is 10.8 Å². The number of aryl methyl sites for hydroxylation is 1. The largest absolute Gasteiger partial charge is 0.294 e. The molecule has 0 fully saturated rings. The highest BCUT2D eigenvalue weighted by Crippen LogP contribution is 2.66. The monoisotopic (exact) mass is 467 g/mol. The van der Waals surface area contributed by atoms with Crippen molar-refractivity contribution >= 4 is 17.3 Å². The van der Waals surface area contributed by atoms with E-state index >= 15 is 0 Å². The van der Waals surface area contributed by atoms with Gasteiger partial charge >= 0.3 is 0 Å². The molecule has 0 amide bonds. The molecular weight excluding hydrogens is 434 g/mol. The normalized spacial score (nSPS) is 30.1. The van der Waals surface area contributed by atoms with E-state index in [1.165, 1.54) is 6.92 Å². The molecule has 1 aromatic carbocycles. The number of ketones is 3. The summed E-state index contributed by atoms with van der Waals surface area (Å²) in [5, 5.41) is 0. The number of fused-ring (bicyclic) bond motifs is 3. The zero-order chi connectivity index (χ0) is 25.5. The summed E-state index contributed by atoms with van der Waals surface area (Å²) in [6.45, 7) is 13.7. The van der Waals surface area contributed by atoms with Crippen LogP contribution in [0.1, 0.15) is 75.9 Å². The molecular formula is C31H33NO3. The van der Waals surface area contributed by atoms with Gasteiger partial charge in [0.2, 0.25) is 0 Å². The number of carbonyl (C=O) groups is 3. The molecule has 0 saturated carbocycles. The molecule has 0 bridgehead atoms. The lowest BCUT2D eigenvalue weighted by Crippen LogP contribution is -2.57. The predicted octanol–water partition coefficient (Wildman–Crippen LogP) is 6.41. The smallest absolute Gasteiger partial charge is 0.190 e. The number of hydrogen-bond donors (Lipinski definition) is 0. The molecule has 4 nitrogen and oxygen atoms in total. The summed E-state index contributed by atoms with van der Waals surface area (Å²) in [6.07, 6.45) is 5.70. The van der Waals surface area contributed by atoms with Crippen LogP contribution in [0.25, 0.3) is 11.1 Å². The highest BCUT2D eigenvalue weighted by Gasteiger charge is 2.63. The van der Waals surface area contributed by atoms with Crippen LogP contribution in [0.15, 0.2) is 59.0 Å². The van der Waals surface area contributed by atoms with Crippen LogP contribution in [-0.4, -0.2) is 22.3 Å². The molecule has 2 aromatic rings. The third kappa shape index (κ3) is 2.98. The molecule has 1 aromatic heterocycles. The van der Waals surface area contributed by atoms with Gasteiger partial charge in [-0.25, -0.2) is 0 Å². The second kappa shape index (κ2) is 7.43. The van der Waals surface area contributed by atoms with Gasteiger partial charge in [-0.15, -0.1) is 0 Å². The first-order valence-corrected chi connectivity index (χ1v) is 12.4.